The van der Waals surface area contributed by atoms with Crippen molar-refractivity contribution in [2.75, 3.05) is 0 Å². The molecule has 27 rings (SSSR count). The van der Waals surface area contributed by atoms with E-state index in [1.54, 1.807) is 37.2 Å². The van der Waals surface area contributed by atoms with Crippen molar-refractivity contribution in [3.8, 4) is 201 Å². The van der Waals surface area contributed by atoms with Gasteiger partial charge in [-0.25, -0.2) is 15.0 Å². The molecule has 6 aliphatic carbocycles. The van der Waals surface area contributed by atoms with Crippen molar-refractivity contribution in [1.82, 2.24) is 44.9 Å². The fourth-order valence-corrected chi connectivity index (χ4v) is 24.5. The van der Waals surface area contributed by atoms with Crippen molar-refractivity contribution in [1.29, 1.82) is 0 Å². The Morgan fingerprint density at radius 1 is 0.139 bits per heavy atom. The second-order valence-corrected chi connectivity index (χ2v) is 39.5. The minimum atomic E-state index is 0.160. The molecule has 9 heterocycles. The van der Waals surface area contributed by atoms with E-state index in [0.717, 1.165) is 101 Å². The molecule has 3 spiro atoms. The first-order chi connectivity index (χ1) is 71.3. The molecular weight excluding hydrogens is 1750 g/mol. The van der Waals surface area contributed by atoms with Crippen LogP contribution in [0.1, 0.15) is 130 Å². The lowest BCUT2D eigenvalue weighted by Crippen LogP contribution is -2.27. The van der Waals surface area contributed by atoms with E-state index in [-0.39, 0.29) is 16.2 Å². The second-order valence-electron chi connectivity index (χ2n) is 39.5. The quantitative estimate of drug-likeness (QED) is 0.0989. The van der Waals surface area contributed by atoms with Gasteiger partial charge in [-0.15, -0.1) is 0 Å². The van der Waals surface area contributed by atoms with Crippen LogP contribution in [-0.2, 0) is 16.2 Å². The van der Waals surface area contributed by atoms with E-state index in [9.17, 15) is 0 Å². The molecule has 0 saturated heterocycles. The predicted octanol–water partition coefficient (Wildman–Crippen LogP) is 34.3. The van der Waals surface area contributed by atoms with Crippen LogP contribution in [0.25, 0.3) is 201 Å². The third-order valence-corrected chi connectivity index (χ3v) is 31.4. The number of rotatable bonds is 15. The molecule has 0 atom stereocenters. The minimum absolute atomic E-state index is 0.160. The summed E-state index contributed by atoms with van der Waals surface area (Å²) in [5.41, 5.74) is 51.3. The summed E-state index contributed by atoms with van der Waals surface area (Å²) in [4.78, 5) is 41.4. The SMILES string of the molecule is c1cncc(-c2cc(-c3ccc(-c4ccc(-c5cccc6c5-c5ccccc5C65CCCCC5)cc4)cc3)nc(-c3cccnc3)c2)c1.c1cncc(-c2cc(-c3ccc(-c4cccc(-c5cccc6c5-c5ccccc5C65CCCCC5)c4)cc3)nc(-c3cccnc3)c2)c1.c1cncc(-c2cc(-c3cccnc3)nc(-c3cccc(-c4ccc(-c5cccc6c5-c5ccccc5C65CCCCC5)cc4)c3)c2)c1. The van der Waals surface area contributed by atoms with Crippen LogP contribution < -0.4 is 0 Å². The molecule has 0 N–H and O–H groups in total. The Morgan fingerprint density at radius 2 is 0.361 bits per heavy atom. The first-order valence-electron chi connectivity index (χ1n) is 51.1. The molecule has 12 aromatic carbocycles. The minimum Gasteiger partial charge on any atom is -0.264 e. The highest BCUT2D eigenvalue weighted by Gasteiger charge is 2.48. The molecule has 3 saturated carbocycles. The van der Waals surface area contributed by atoms with E-state index in [1.165, 1.54) is 230 Å². The lowest BCUT2D eigenvalue weighted by molar-refractivity contribution is 0.353. The van der Waals surface area contributed by atoms with Gasteiger partial charge >= 0.3 is 0 Å². The highest BCUT2D eigenvalue weighted by molar-refractivity contribution is 5.98. The summed E-state index contributed by atoms with van der Waals surface area (Å²) >= 11 is 0. The largest absolute Gasteiger partial charge is 0.264 e. The number of pyridine rings is 9. The van der Waals surface area contributed by atoms with Gasteiger partial charge in [-0.05, 0) is 292 Å². The summed E-state index contributed by atoms with van der Waals surface area (Å²) in [6, 6.07) is 139. The molecule has 0 bridgehead atoms. The van der Waals surface area contributed by atoms with Crippen molar-refractivity contribution in [3.05, 3.63) is 490 Å². The van der Waals surface area contributed by atoms with Gasteiger partial charge in [0.1, 0.15) is 0 Å². The van der Waals surface area contributed by atoms with Crippen LogP contribution in [0.3, 0.4) is 0 Å². The van der Waals surface area contributed by atoms with E-state index < -0.39 is 0 Å². The number of benzene rings is 12. The molecular formula is C135H105N9. The van der Waals surface area contributed by atoms with Crippen molar-refractivity contribution >= 4 is 0 Å². The van der Waals surface area contributed by atoms with Gasteiger partial charge in [-0.2, -0.15) is 0 Å². The Hall–Kier alpha value is -17.0. The Balaban J connectivity index is 0.000000113. The highest BCUT2D eigenvalue weighted by atomic mass is 14.8. The third kappa shape index (κ3) is 16.6. The molecule has 9 aromatic heterocycles. The summed E-state index contributed by atoms with van der Waals surface area (Å²) in [5, 5.41) is 0. The van der Waals surface area contributed by atoms with E-state index in [2.05, 4.69) is 376 Å². The molecule has 0 amide bonds. The van der Waals surface area contributed by atoms with Crippen LogP contribution >= 0.6 is 0 Å². The first-order valence-corrected chi connectivity index (χ1v) is 51.1. The zero-order valence-electron chi connectivity index (χ0n) is 80.4. The lowest BCUT2D eigenvalue weighted by Gasteiger charge is -2.36. The summed E-state index contributed by atoms with van der Waals surface area (Å²) in [5.74, 6) is 0. The molecule has 9 nitrogen and oxygen atoms in total. The summed E-state index contributed by atoms with van der Waals surface area (Å²) in [6.07, 6.45) is 41.5. The van der Waals surface area contributed by atoms with E-state index >= 15 is 0 Å². The van der Waals surface area contributed by atoms with Gasteiger partial charge in [0.2, 0.25) is 0 Å². The van der Waals surface area contributed by atoms with Crippen molar-refractivity contribution in [2.24, 2.45) is 0 Å². The Bertz CT molecular complexity index is 8110. The van der Waals surface area contributed by atoms with Crippen LogP contribution in [0, 0.1) is 0 Å². The van der Waals surface area contributed by atoms with E-state index in [0.29, 0.717) is 0 Å². The molecule has 144 heavy (non-hydrogen) atoms. The van der Waals surface area contributed by atoms with Gasteiger partial charge in [0.05, 0.1) is 34.2 Å². The number of fused-ring (bicyclic) bond motifs is 15. The monoisotopic (exact) mass is 1850 g/mol. The average Bonchev–Trinajstić information content (AvgIpc) is 1.56. The fraction of sp³-hybridized carbons (Fsp3) is 0.133. The standard InChI is InChI=1S/3C45H35N3/c1-4-22-45(23-5-1)40-16-3-2-14-39(40)44-38(15-7-17-41(44)45)34-11-6-10-33(26-34)31-18-20-32(21-19-31)42-27-37(35-12-8-24-46-29-35)28-43(48-42)36-13-9-25-47-30-36;1-4-22-45(23-5-1)40-16-3-2-14-39(40)44-38(15-7-17-41(44)45)32-20-18-31(19-21-32)33-10-6-11-34(26-33)42-27-37(35-12-8-24-46-29-35)28-43(48-42)36-13-9-25-47-30-36;1-4-23-45(24-5-1)40-13-3-2-11-39(40)44-38(12-6-14-41(44)45)33-19-15-31(16-20-33)32-17-21-34(22-18-32)42-27-37(35-9-7-25-46-29-35)28-43(48-42)36-10-8-26-47-30-36/h2*2-3,6-21,24-30H,1,4-5,22-23H2;2-3,6-22,25-30H,1,4-5,23-24H2. The van der Waals surface area contributed by atoms with Gasteiger partial charge in [0.25, 0.3) is 0 Å². The maximum atomic E-state index is 5.12. The lowest BCUT2D eigenvalue weighted by atomic mass is 9.68. The molecule has 0 radical (unpaired) electrons. The molecule has 3 fully saturated rings. The molecule has 9 heteroatoms. The highest BCUT2D eigenvalue weighted by Crippen LogP contribution is 2.62. The van der Waals surface area contributed by atoms with Crippen molar-refractivity contribution < 1.29 is 0 Å². The first kappa shape index (κ1) is 88.4. The Morgan fingerprint density at radius 3 is 0.674 bits per heavy atom. The summed E-state index contributed by atoms with van der Waals surface area (Å²) in [7, 11) is 0. The zero-order valence-corrected chi connectivity index (χ0v) is 80.4. The van der Waals surface area contributed by atoms with Crippen LogP contribution in [0.2, 0.25) is 0 Å². The number of nitrogens with zero attached hydrogens (tertiary/aromatic N) is 9. The molecule has 0 aliphatic heterocycles. The van der Waals surface area contributed by atoms with Crippen LogP contribution in [0.15, 0.2) is 457 Å². The normalized spacial score (nSPS) is 14.4. The van der Waals surface area contributed by atoms with Crippen LogP contribution in [-0.4, -0.2) is 44.9 Å². The average molecular weight is 1850 g/mol. The fourth-order valence-electron chi connectivity index (χ4n) is 24.5. The molecule has 0 unspecified atom stereocenters. The summed E-state index contributed by atoms with van der Waals surface area (Å²) < 4.78 is 0. The van der Waals surface area contributed by atoms with Gasteiger partial charge < -0.3 is 0 Å². The third-order valence-electron chi connectivity index (χ3n) is 31.4. The maximum Gasteiger partial charge on any atom is 0.0731 e. The zero-order chi connectivity index (χ0) is 95.8. The smallest absolute Gasteiger partial charge is 0.0731 e. The van der Waals surface area contributed by atoms with Gasteiger partial charge in [-0.3, -0.25) is 29.9 Å². The summed E-state index contributed by atoms with van der Waals surface area (Å²) in [6.45, 7) is 0. The predicted molar refractivity (Wildman–Crippen MR) is 589 cm³/mol. The Kier molecular flexibility index (Phi) is 23.7. The Labute approximate surface area is 842 Å². The molecule has 6 aliphatic rings. The van der Waals surface area contributed by atoms with Gasteiger partial charge in [-0.1, -0.05) is 337 Å². The number of hydrogen-bond donors (Lipinski definition) is 0. The van der Waals surface area contributed by atoms with Crippen molar-refractivity contribution in [3.63, 3.8) is 0 Å². The van der Waals surface area contributed by atoms with Crippen molar-refractivity contribution in [2.45, 2.75) is 113 Å². The van der Waals surface area contributed by atoms with Crippen LogP contribution in [0.4, 0.5) is 0 Å². The molecule has 690 valence electrons. The number of aromatic nitrogens is 9. The second kappa shape index (κ2) is 38.5. The van der Waals surface area contributed by atoms with Gasteiger partial charge in [0.15, 0.2) is 0 Å². The number of hydrogen-bond acceptors (Lipinski definition) is 9. The van der Waals surface area contributed by atoms with E-state index in [4.69, 9.17) is 15.0 Å². The topological polar surface area (TPSA) is 116 Å². The molecule has 21 aromatic rings. The maximum absolute atomic E-state index is 5.12. The van der Waals surface area contributed by atoms with E-state index in [1.807, 2.05) is 73.6 Å². The van der Waals surface area contributed by atoms with Gasteiger partial charge in [0, 0.05) is 141 Å². The van der Waals surface area contributed by atoms with Crippen LogP contribution in [0.5, 0.6) is 0 Å².